The van der Waals surface area contributed by atoms with Crippen molar-refractivity contribution in [1.29, 1.82) is 0 Å². The highest BCUT2D eigenvalue weighted by Gasteiger charge is 2.13. The number of aryl methyl sites for hydroxylation is 3. The summed E-state index contributed by atoms with van der Waals surface area (Å²) in [7, 11) is 3.60. The van der Waals surface area contributed by atoms with E-state index in [2.05, 4.69) is 9.97 Å². The predicted molar refractivity (Wildman–Crippen MR) is 58.0 cm³/mol. The van der Waals surface area contributed by atoms with Crippen LogP contribution in [0.25, 0.3) is 11.2 Å². The van der Waals surface area contributed by atoms with E-state index < -0.39 is 0 Å². The van der Waals surface area contributed by atoms with Crippen molar-refractivity contribution in [1.82, 2.24) is 19.1 Å². The van der Waals surface area contributed by atoms with Crippen molar-refractivity contribution in [2.45, 2.75) is 12.8 Å². The first kappa shape index (κ1) is 10.2. The van der Waals surface area contributed by atoms with Gasteiger partial charge in [-0.3, -0.25) is 4.79 Å². The van der Waals surface area contributed by atoms with Crippen LogP contribution in [0, 0.1) is 6.92 Å². The Labute approximate surface area is 91.3 Å². The maximum atomic E-state index is 11.7. The summed E-state index contributed by atoms with van der Waals surface area (Å²) in [6.45, 7) is 1.77. The molecule has 0 saturated carbocycles. The van der Waals surface area contributed by atoms with Crippen LogP contribution in [-0.2, 0) is 20.0 Å². The van der Waals surface area contributed by atoms with Gasteiger partial charge in [0.1, 0.15) is 11.6 Å². The van der Waals surface area contributed by atoms with Crippen molar-refractivity contribution >= 4 is 22.8 Å². The molecule has 0 radical (unpaired) electrons. The first-order valence-corrected chi connectivity index (χ1v) is 5.04. The van der Waals surface area contributed by atoms with Gasteiger partial charge in [-0.1, -0.05) is 0 Å². The van der Waals surface area contributed by atoms with Crippen molar-refractivity contribution < 1.29 is 0 Å². The summed E-state index contributed by atoms with van der Waals surface area (Å²) in [5.41, 5.74) is 0.872. The molecule has 2 heterocycles. The second kappa shape index (κ2) is 3.34. The van der Waals surface area contributed by atoms with E-state index in [1.54, 1.807) is 23.1 Å². The second-order valence-corrected chi connectivity index (χ2v) is 3.68. The van der Waals surface area contributed by atoms with E-state index in [0.29, 0.717) is 22.8 Å². The molecular formula is C9H11ClN4O. The molecule has 0 amide bonds. The highest BCUT2D eigenvalue weighted by atomic mass is 35.5. The van der Waals surface area contributed by atoms with Crippen LogP contribution in [0.4, 0.5) is 0 Å². The molecule has 15 heavy (non-hydrogen) atoms. The average Bonchev–Trinajstić information content (AvgIpc) is 2.53. The molecule has 0 N–H and O–H groups in total. The third-order valence-electron chi connectivity index (χ3n) is 2.56. The highest BCUT2D eigenvalue weighted by molar-refractivity contribution is 6.16. The molecule has 0 aliphatic carbocycles. The van der Waals surface area contributed by atoms with Gasteiger partial charge in [-0.15, -0.1) is 11.6 Å². The van der Waals surface area contributed by atoms with Crippen molar-refractivity contribution in [3.8, 4) is 0 Å². The number of halogens is 1. The quantitative estimate of drug-likeness (QED) is 0.674. The van der Waals surface area contributed by atoms with Crippen LogP contribution in [-0.4, -0.2) is 19.1 Å². The lowest BCUT2D eigenvalue weighted by Crippen LogP contribution is -2.16. The van der Waals surface area contributed by atoms with Gasteiger partial charge >= 0.3 is 0 Å². The Hall–Kier alpha value is -1.36. The fraction of sp³-hybridized carbons (Fsp3) is 0.444. The zero-order valence-corrected chi connectivity index (χ0v) is 9.54. The molecule has 0 unspecified atom stereocenters. The fourth-order valence-electron chi connectivity index (χ4n) is 1.55. The van der Waals surface area contributed by atoms with Crippen LogP contribution >= 0.6 is 11.6 Å². The summed E-state index contributed by atoms with van der Waals surface area (Å²) in [5, 5.41) is 0. The fourth-order valence-corrected chi connectivity index (χ4v) is 1.79. The Kier molecular flexibility index (Phi) is 2.26. The van der Waals surface area contributed by atoms with Crippen LogP contribution in [0.3, 0.4) is 0 Å². The van der Waals surface area contributed by atoms with Crippen LogP contribution in [0.5, 0.6) is 0 Å². The molecular weight excluding hydrogens is 216 g/mol. The number of hydrogen-bond donors (Lipinski definition) is 0. The Morgan fingerprint density at radius 2 is 1.93 bits per heavy atom. The van der Waals surface area contributed by atoms with E-state index in [9.17, 15) is 4.79 Å². The number of alkyl halides is 1. The SMILES string of the molecule is Cc1nc(=O)c2c(nc(CCl)n2C)n1C. The number of aromatic nitrogens is 4. The number of fused-ring (bicyclic) bond motifs is 1. The molecule has 0 aromatic carbocycles. The van der Waals surface area contributed by atoms with E-state index in [1.165, 1.54) is 0 Å². The van der Waals surface area contributed by atoms with Gasteiger partial charge in [-0.05, 0) is 6.92 Å². The van der Waals surface area contributed by atoms with Gasteiger partial charge in [0.25, 0.3) is 5.56 Å². The van der Waals surface area contributed by atoms with Crippen molar-refractivity contribution in [2.24, 2.45) is 14.1 Å². The third kappa shape index (κ3) is 1.34. The Morgan fingerprint density at radius 3 is 2.53 bits per heavy atom. The molecule has 0 fully saturated rings. The van der Waals surface area contributed by atoms with Gasteiger partial charge in [-0.25, -0.2) is 4.98 Å². The van der Waals surface area contributed by atoms with Crippen molar-refractivity contribution in [2.75, 3.05) is 0 Å². The maximum absolute atomic E-state index is 11.7. The smallest absolute Gasteiger partial charge is 0.299 e. The minimum atomic E-state index is -0.257. The molecule has 0 bridgehead atoms. The average molecular weight is 227 g/mol. The molecule has 6 heteroatoms. The standard InChI is InChI=1S/C9H11ClN4O/c1-5-11-9(15)7-8(13(5)2)12-6(4-10)14(7)3/h4H2,1-3H3. The maximum Gasteiger partial charge on any atom is 0.299 e. The van der Waals surface area contributed by atoms with Gasteiger partial charge in [-0.2, -0.15) is 4.98 Å². The van der Waals surface area contributed by atoms with Crippen LogP contribution < -0.4 is 5.56 Å². The molecule has 5 nitrogen and oxygen atoms in total. The molecule has 2 aromatic heterocycles. The number of nitrogens with zero attached hydrogens (tertiary/aromatic N) is 4. The zero-order chi connectivity index (χ0) is 11.2. The largest absolute Gasteiger partial charge is 0.324 e. The first-order chi connectivity index (χ1) is 7.06. The lowest BCUT2D eigenvalue weighted by atomic mass is 10.5. The van der Waals surface area contributed by atoms with Crippen LogP contribution in [0.1, 0.15) is 11.6 Å². The van der Waals surface area contributed by atoms with Gasteiger partial charge < -0.3 is 9.13 Å². The van der Waals surface area contributed by atoms with Gasteiger partial charge in [0.15, 0.2) is 11.2 Å². The monoisotopic (exact) mass is 226 g/mol. The second-order valence-electron chi connectivity index (χ2n) is 3.42. The molecule has 0 atom stereocenters. The molecule has 0 aliphatic heterocycles. The number of imidazole rings is 1. The summed E-state index contributed by atoms with van der Waals surface area (Å²) >= 11 is 5.73. The van der Waals surface area contributed by atoms with Gasteiger partial charge in [0, 0.05) is 14.1 Å². The van der Waals surface area contributed by atoms with Crippen molar-refractivity contribution in [3.63, 3.8) is 0 Å². The van der Waals surface area contributed by atoms with Gasteiger partial charge in [0.05, 0.1) is 5.88 Å². The minimum absolute atomic E-state index is 0.257. The summed E-state index contributed by atoms with van der Waals surface area (Å²) < 4.78 is 3.48. The zero-order valence-electron chi connectivity index (χ0n) is 8.78. The predicted octanol–water partition coefficient (Wildman–Crippen LogP) is 0.714. The normalized spacial score (nSPS) is 11.2. The molecule has 2 rings (SSSR count). The molecule has 0 spiro atoms. The minimum Gasteiger partial charge on any atom is -0.324 e. The Balaban J connectivity index is 3.00. The highest BCUT2D eigenvalue weighted by Crippen LogP contribution is 2.12. The summed E-state index contributed by atoms with van der Waals surface area (Å²) in [6, 6.07) is 0. The van der Waals surface area contributed by atoms with E-state index >= 15 is 0 Å². The Bertz CT molecular complexity index is 584. The van der Waals surface area contributed by atoms with E-state index in [0.717, 1.165) is 0 Å². The van der Waals surface area contributed by atoms with Crippen LogP contribution in [0.15, 0.2) is 4.79 Å². The van der Waals surface area contributed by atoms with E-state index in [1.807, 2.05) is 7.05 Å². The lowest BCUT2D eigenvalue weighted by molar-refractivity contribution is 0.826. The summed E-state index contributed by atoms with van der Waals surface area (Å²) in [6.07, 6.45) is 0. The topological polar surface area (TPSA) is 52.7 Å². The third-order valence-corrected chi connectivity index (χ3v) is 2.80. The molecule has 0 aliphatic rings. The van der Waals surface area contributed by atoms with Crippen molar-refractivity contribution in [3.05, 3.63) is 22.0 Å². The lowest BCUT2D eigenvalue weighted by Gasteiger charge is -2.02. The Morgan fingerprint density at radius 1 is 1.27 bits per heavy atom. The van der Waals surface area contributed by atoms with E-state index in [4.69, 9.17) is 11.6 Å². The number of rotatable bonds is 1. The van der Waals surface area contributed by atoms with E-state index in [-0.39, 0.29) is 11.4 Å². The summed E-state index contributed by atoms with van der Waals surface area (Å²) in [4.78, 5) is 19.9. The number of hydrogen-bond acceptors (Lipinski definition) is 3. The van der Waals surface area contributed by atoms with Crippen LogP contribution in [0.2, 0.25) is 0 Å². The first-order valence-electron chi connectivity index (χ1n) is 4.51. The molecule has 2 aromatic rings. The summed E-state index contributed by atoms with van der Waals surface area (Å²) in [5.74, 6) is 1.60. The van der Waals surface area contributed by atoms with Gasteiger partial charge in [0.2, 0.25) is 0 Å². The molecule has 80 valence electrons. The molecule has 0 saturated heterocycles.